The molecule has 0 amide bonds. The van der Waals surface area contributed by atoms with Crippen molar-refractivity contribution in [3.8, 4) is 0 Å². The molecule has 0 heterocycles. The van der Waals surface area contributed by atoms with Crippen LogP contribution in [0.1, 0.15) is 18.1 Å². The molecule has 0 fully saturated rings. The van der Waals surface area contributed by atoms with E-state index in [9.17, 15) is 8.42 Å². The minimum Gasteiger partial charge on any atom is -0.279 e. The van der Waals surface area contributed by atoms with Crippen molar-refractivity contribution >= 4 is 31.6 Å². The molecule has 0 radical (unpaired) electrons. The lowest BCUT2D eigenvalue weighted by Crippen LogP contribution is -2.14. The summed E-state index contributed by atoms with van der Waals surface area (Å²) in [6, 6.07) is 12.3. The fourth-order valence-electron chi connectivity index (χ4n) is 1.93. The zero-order chi connectivity index (χ0) is 14.8. The zero-order valence-electron chi connectivity index (χ0n) is 11.4. The molecule has 0 aliphatic rings. The van der Waals surface area contributed by atoms with Crippen molar-refractivity contribution in [1.82, 2.24) is 0 Å². The molecule has 0 atom stereocenters. The summed E-state index contributed by atoms with van der Waals surface area (Å²) in [6.07, 6.45) is 0.743. The lowest BCUT2D eigenvalue weighted by molar-refractivity contribution is 0.601. The van der Waals surface area contributed by atoms with Gasteiger partial charge in [-0.1, -0.05) is 46.6 Å². The Morgan fingerprint density at radius 1 is 1.10 bits per heavy atom. The van der Waals surface area contributed by atoms with Gasteiger partial charge in [-0.15, -0.1) is 0 Å². The third-order valence-electron chi connectivity index (χ3n) is 3.05. The second-order valence-corrected chi connectivity index (χ2v) is 7.07. The maximum Gasteiger partial charge on any atom is 0.261 e. The molecule has 2 rings (SSSR count). The predicted molar refractivity (Wildman–Crippen MR) is 85.5 cm³/mol. The molecule has 0 spiro atoms. The van der Waals surface area contributed by atoms with Gasteiger partial charge in [0, 0.05) is 4.47 Å². The third-order valence-corrected chi connectivity index (χ3v) is 5.17. The summed E-state index contributed by atoms with van der Waals surface area (Å²) >= 11 is 3.45. The largest absolute Gasteiger partial charge is 0.279 e. The lowest BCUT2D eigenvalue weighted by Gasteiger charge is -2.13. The monoisotopic (exact) mass is 353 g/mol. The van der Waals surface area contributed by atoms with Gasteiger partial charge in [0.05, 0.1) is 10.6 Å². The van der Waals surface area contributed by atoms with E-state index in [1.807, 2.05) is 26.0 Å². The van der Waals surface area contributed by atoms with Gasteiger partial charge in [0.1, 0.15) is 0 Å². The minimum absolute atomic E-state index is 0.269. The Morgan fingerprint density at radius 3 is 2.35 bits per heavy atom. The third kappa shape index (κ3) is 3.22. The van der Waals surface area contributed by atoms with Crippen LogP contribution >= 0.6 is 15.9 Å². The molecule has 0 aliphatic carbocycles. The number of halogens is 1. The summed E-state index contributed by atoms with van der Waals surface area (Å²) < 4.78 is 28.3. The van der Waals surface area contributed by atoms with Gasteiger partial charge in [0.2, 0.25) is 0 Å². The van der Waals surface area contributed by atoms with E-state index in [2.05, 4.69) is 20.7 Å². The normalized spacial score (nSPS) is 11.3. The van der Waals surface area contributed by atoms with Crippen LogP contribution in [0.15, 0.2) is 51.8 Å². The van der Waals surface area contributed by atoms with Crippen molar-refractivity contribution in [2.24, 2.45) is 0 Å². The maximum absolute atomic E-state index is 12.4. The van der Waals surface area contributed by atoms with E-state index in [0.717, 1.165) is 22.0 Å². The van der Waals surface area contributed by atoms with Crippen LogP contribution in [-0.2, 0) is 16.4 Å². The molecular formula is C15H16BrNO2S. The van der Waals surface area contributed by atoms with Crippen LogP contribution in [0.3, 0.4) is 0 Å². The maximum atomic E-state index is 12.4. The van der Waals surface area contributed by atoms with Crippen molar-refractivity contribution < 1.29 is 8.42 Å². The number of aryl methyl sites for hydroxylation is 1. The van der Waals surface area contributed by atoms with Crippen molar-refractivity contribution in [2.45, 2.75) is 25.2 Å². The summed E-state index contributed by atoms with van der Waals surface area (Å²) in [5, 5.41) is 0. The summed E-state index contributed by atoms with van der Waals surface area (Å²) in [5.41, 5.74) is 2.59. The smallest absolute Gasteiger partial charge is 0.261 e. The van der Waals surface area contributed by atoms with Gasteiger partial charge in [-0.2, -0.15) is 0 Å². The van der Waals surface area contributed by atoms with Crippen LogP contribution in [0.4, 0.5) is 5.69 Å². The topological polar surface area (TPSA) is 46.2 Å². The molecule has 0 aliphatic heterocycles. The molecule has 0 aromatic heterocycles. The second kappa shape index (κ2) is 5.97. The Labute approximate surface area is 128 Å². The summed E-state index contributed by atoms with van der Waals surface area (Å²) in [6.45, 7) is 3.91. The van der Waals surface area contributed by atoms with Gasteiger partial charge >= 0.3 is 0 Å². The van der Waals surface area contributed by atoms with Gasteiger partial charge in [-0.25, -0.2) is 8.42 Å². The predicted octanol–water partition coefficient (Wildman–Crippen LogP) is 4.12. The second-order valence-electron chi connectivity index (χ2n) is 4.54. The van der Waals surface area contributed by atoms with Gasteiger partial charge in [0.25, 0.3) is 10.0 Å². The van der Waals surface area contributed by atoms with Crippen LogP contribution < -0.4 is 4.72 Å². The average molecular weight is 354 g/mol. The molecule has 0 saturated heterocycles. The van der Waals surface area contributed by atoms with Gasteiger partial charge in [-0.3, -0.25) is 4.72 Å². The van der Waals surface area contributed by atoms with Crippen LogP contribution in [0.2, 0.25) is 0 Å². The van der Waals surface area contributed by atoms with Gasteiger partial charge < -0.3 is 0 Å². The molecule has 2 aromatic rings. The van der Waals surface area contributed by atoms with E-state index in [1.165, 1.54) is 0 Å². The van der Waals surface area contributed by atoms with E-state index in [-0.39, 0.29) is 4.90 Å². The summed E-state index contributed by atoms with van der Waals surface area (Å²) in [4.78, 5) is 0.269. The Kier molecular flexibility index (Phi) is 4.50. The number of nitrogens with one attached hydrogen (secondary N) is 1. The summed E-state index contributed by atoms with van der Waals surface area (Å²) in [5.74, 6) is 0. The molecule has 3 nitrogen and oxygen atoms in total. The molecule has 2 aromatic carbocycles. The molecule has 5 heteroatoms. The number of sulfonamides is 1. The molecular weight excluding hydrogens is 338 g/mol. The Balaban J connectivity index is 2.38. The zero-order valence-corrected chi connectivity index (χ0v) is 13.8. The Morgan fingerprint density at radius 2 is 1.75 bits per heavy atom. The minimum atomic E-state index is -3.55. The molecule has 1 N–H and O–H groups in total. The Hall–Kier alpha value is -1.33. The molecule has 0 saturated carbocycles. The summed E-state index contributed by atoms with van der Waals surface area (Å²) in [7, 11) is -3.55. The molecule has 106 valence electrons. The first-order valence-electron chi connectivity index (χ1n) is 6.31. The van der Waals surface area contributed by atoms with E-state index in [0.29, 0.717) is 5.69 Å². The van der Waals surface area contributed by atoms with E-state index in [1.54, 1.807) is 30.3 Å². The highest BCUT2D eigenvalue weighted by Crippen LogP contribution is 2.27. The van der Waals surface area contributed by atoms with Crippen molar-refractivity contribution in [2.75, 3.05) is 4.72 Å². The van der Waals surface area contributed by atoms with E-state index < -0.39 is 10.0 Å². The Bertz CT molecular complexity index is 709. The van der Waals surface area contributed by atoms with Crippen LogP contribution in [0.25, 0.3) is 0 Å². The number of hydrogen-bond acceptors (Lipinski definition) is 2. The molecule has 0 bridgehead atoms. The van der Waals surface area contributed by atoms with Crippen LogP contribution in [0, 0.1) is 6.92 Å². The highest BCUT2D eigenvalue weighted by atomic mass is 79.9. The van der Waals surface area contributed by atoms with Crippen molar-refractivity contribution in [1.29, 1.82) is 0 Å². The first-order chi connectivity index (χ1) is 9.44. The van der Waals surface area contributed by atoms with Crippen LogP contribution in [-0.4, -0.2) is 8.42 Å². The first-order valence-corrected chi connectivity index (χ1v) is 8.58. The molecule has 20 heavy (non-hydrogen) atoms. The fraction of sp³-hybridized carbons (Fsp3) is 0.200. The number of anilines is 1. The van der Waals surface area contributed by atoms with Crippen molar-refractivity contribution in [3.63, 3.8) is 0 Å². The average Bonchev–Trinajstić information content (AvgIpc) is 2.39. The highest BCUT2D eigenvalue weighted by molar-refractivity contribution is 9.10. The SMILES string of the molecule is CCc1c(Br)cccc1NS(=O)(=O)c1ccc(C)cc1. The number of hydrogen-bond donors (Lipinski definition) is 1. The van der Waals surface area contributed by atoms with Crippen molar-refractivity contribution in [3.05, 3.63) is 58.1 Å². The first kappa shape index (κ1) is 15.1. The standard InChI is InChI=1S/C15H16BrNO2S/c1-3-13-14(16)5-4-6-15(13)17-20(18,19)12-9-7-11(2)8-10-12/h4-10,17H,3H2,1-2H3. The quantitative estimate of drug-likeness (QED) is 0.898. The lowest BCUT2D eigenvalue weighted by atomic mass is 10.1. The fourth-order valence-corrected chi connectivity index (χ4v) is 3.67. The van der Waals surface area contributed by atoms with Gasteiger partial charge in [0.15, 0.2) is 0 Å². The van der Waals surface area contributed by atoms with Crippen LogP contribution in [0.5, 0.6) is 0 Å². The number of rotatable bonds is 4. The van der Waals surface area contributed by atoms with E-state index >= 15 is 0 Å². The van der Waals surface area contributed by atoms with E-state index in [4.69, 9.17) is 0 Å². The number of benzene rings is 2. The molecule has 0 unspecified atom stereocenters. The highest BCUT2D eigenvalue weighted by Gasteiger charge is 2.16. The van der Waals surface area contributed by atoms with Gasteiger partial charge in [-0.05, 0) is 43.2 Å².